The van der Waals surface area contributed by atoms with Gasteiger partial charge in [0.05, 0.1) is 0 Å². The van der Waals surface area contributed by atoms with E-state index in [0.717, 1.165) is 0 Å². The van der Waals surface area contributed by atoms with E-state index in [0.29, 0.717) is 16.6 Å². The van der Waals surface area contributed by atoms with Gasteiger partial charge in [-0.05, 0) is 12.1 Å². The van der Waals surface area contributed by atoms with E-state index in [9.17, 15) is 14.4 Å². The molecule has 0 aliphatic carbocycles. The number of fused-ring (bicyclic) bond motifs is 1. The van der Waals surface area contributed by atoms with Crippen molar-refractivity contribution in [2.24, 2.45) is 0 Å². The fourth-order valence-electron chi connectivity index (χ4n) is 1.94. The van der Waals surface area contributed by atoms with Crippen LogP contribution in [0.2, 0.25) is 0 Å². The van der Waals surface area contributed by atoms with Gasteiger partial charge < -0.3 is 14.3 Å². The lowest BCUT2D eigenvalue weighted by atomic mass is 10.2. The second-order valence-corrected chi connectivity index (χ2v) is 4.36. The summed E-state index contributed by atoms with van der Waals surface area (Å²) in [5.74, 6) is -0.936. The molecule has 0 saturated carbocycles. The van der Waals surface area contributed by atoms with Crippen LogP contribution in [0.5, 0.6) is 11.5 Å². The lowest BCUT2D eigenvalue weighted by Crippen LogP contribution is -2.42. The number of amides is 2. The van der Waals surface area contributed by atoms with Crippen LogP contribution < -0.4 is 9.47 Å². The molecule has 0 radical (unpaired) electrons. The number of imide groups is 1. The number of ether oxygens (including phenoxy) is 2. The third kappa shape index (κ3) is 2.18. The Bertz CT molecular complexity index is 568. The van der Waals surface area contributed by atoms with Gasteiger partial charge in [-0.25, -0.2) is 4.79 Å². The zero-order valence-corrected chi connectivity index (χ0v) is 10.4. The minimum absolute atomic E-state index is 0.0356. The molecule has 0 bridgehead atoms. The highest BCUT2D eigenvalue weighted by molar-refractivity contribution is 6.01. The van der Waals surface area contributed by atoms with Gasteiger partial charge >= 0.3 is 5.97 Å². The van der Waals surface area contributed by atoms with Crippen LogP contribution in [0.15, 0.2) is 24.3 Å². The lowest BCUT2D eigenvalue weighted by Gasteiger charge is -2.25. The highest BCUT2D eigenvalue weighted by Crippen LogP contribution is 2.31. The maximum atomic E-state index is 11.9. The average Bonchev–Trinajstić information content (AvgIpc) is 2.78. The Balaban J connectivity index is 1.67. The van der Waals surface area contributed by atoms with E-state index in [2.05, 4.69) is 0 Å². The molecule has 104 valence electrons. The fourth-order valence-corrected chi connectivity index (χ4v) is 1.94. The van der Waals surface area contributed by atoms with Crippen LogP contribution in [0.3, 0.4) is 0 Å². The van der Waals surface area contributed by atoms with Crippen molar-refractivity contribution in [2.45, 2.75) is 18.9 Å². The molecule has 0 aromatic heterocycles. The van der Waals surface area contributed by atoms with Gasteiger partial charge in [-0.2, -0.15) is 0 Å². The first-order valence-electron chi connectivity index (χ1n) is 6.11. The van der Waals surface area contributed by atoms with Gasteiger partial charge in [0.1, 0.15) is 6.61 Å². The third-order valence-corrected chi connectivity index (χ3v) is 2.96. The monoisotopic (exact) mass is 277 g/mol. The SMILES string of the molecule is O=C(ON1C(=O)CCC1=O)[C@@H]1COc2ccccc2O1. The predicted molar refractivity (Wildman–Crippen MR) is 63.5 cm³/mol. The van der Waals surface area contributed by atoms with Crippen molar-refractivity contribution in [3.8, 4) is 11.5 Å². The van der Waals surface area contributed by atoms with E-state index < -0.39 is 23.9 Å². The molecular formula is C13H11NO6. The van der Waals surface area contributed by atoms with Crippen LogP contribution >= 0.6 is 0 Å². The van der Waals surface area contributed by atoms with Crippen LogP contribution in [0, 0.1) is 0 Å². The highest BCUT2D eigenvalue weighted by atomic mass is 16.7. The van der Waals surface area contributed by atoms with Crippen molar-refractivity contribution in [3.05, 3.63) is 24.3 Å². The molecular weight excluding hydrogens is 266 g/mol. The van der Waals surface area contributed by atoms with E-state index in [1.165, 1.54) is 0 Å². The maximum Gasteiger partial charge on any atom is 0.376 e. The summed E-state index contributed by atoms with van der Waals surface area (Å²) < 4.78 is 10.8. The van der Waals surface area contributed by atoms with E-state index in [1.54, 1.807) is 24.3 Å². The summed E-state index contributed by atoms with van der Waals surface area (Å²) in [5, 5.41) is 0.492. The average molecular weight is 277 g/mol. The minimum atomic E-state index is -1.01. The Hall–Kier alpha value is -2.57. The number of para-hydroxylation sites is 2. The molecule has 0 unspecified atom stereocenters. The molecule has 2 aliphatic heterocycles. The number of hydrogen-bond donors (Lipinski definition) is 0. The molecule has 1 atom stereocenters. The van der Waals surface area contributed by atoms with Crippen molar-refractivity contribution in [1.29, 1.82) is 0 Å². The largest absolute Gasteiger partial charge is 0.485 e. The van der Waals surface area contributed by atoms with E-state index in [-0.39, 0.29) is 19.4 Å². The fraction of sp³-hybridized carbons (Fsp3) is 0.308. The van der Waals surface area contributed by atoms with E-state index >= 15 is 0 Å². The Morgan fingerprint density at radius 2 is 1.80 bits per heavy atom. The highest BCUT2D eigenvalue weighted by Gasteiger charge is 2.37. The smallest absolute Gasteiger partial charge is 0.376 e. The Morgan fingerprint density at radius 3 is 2.50 bits per heavy atom. The first-order valence-corrected chi connectivity index (χ1v) is 6.11. The molecule has 7 heteroatoms. The molecule has 1 aromatic carbocycles. The topological polar surface area (TPSA) is 82.1 Å². The Kier molecular flexibility index (Phi) is 3.02. The van der Waals surface area contributed by atoms with Gasteiger partial charge in [-0.15, -0.1) is 5.06 Å². The second kappa shape index (κ2) is 4.84. The lowest BCUT2D eigenvalue weighted by molar-refractivity contribution is -0.203. The summed E-state index contributed by atoms with van der Waals surface area (Å²) in [6.07, 6.45) is -0.903. The van der Waals surface area contributed by atoms with Gasteiger partial charge in [0.2, 0.25) is 6.10 Å². The molecule has 20 heavy (non-hydrogen) atoms. The number of benzene rings is 1. The van der Waals surface area contributed by atoms with Crippen LogP contribution in [0.25, 0.3) is 0 Å². The zero-order valence-electron chi connectivity index (χ0n) is 10.4. The van der Waals surface area contributed by atoms with Crippen molar-refractivity contribution in [2.75, 3.05) is 6.61 Å². The standard InChI is InChI=1S/C13H11NO6/c15-11-5-6-12(16)14(11)20-13(17)10-7-18-8-3-1-2-4-9(8)19-10/h1-4,10H,5-7H2/t10-/m0/s1. The van der Waals surface area contributed by atoms with Gasteiger partial charge in [-0.1, -0.05) is 12.1 Å². The molecule has 2 aliphatic rings. The van der Waals surface area contributed by atoms with Crippen molar-refractivity contribution < 1.29 is 28.7 Å². The molecule has 3 rings (SSSR count). The maximum absolute atomic E-state index is 11.9. The number of carbonyl (C=O) groups is 3. The normalized spacial score (nSPS) is 21.0. The summed E-state index contributed by atoms with van der Waals surface area (Å²) in [4.78, 5) is 39.4. The number of hydroxylamine groups is 2. The molecule has 2 heterocycles. The van der Waals surface area contributed by atoms with E-state index in [1.807, 2.05) is 0 Å². The van der Waals surface area contributed by atoms with Crippen LogP contribution in [0.4, 0.5) is 0 Å². The van der Waals surface area contributed by atoms with Crippen molar-refractivity contribution in [1.82, 2.24) is 5.06 Å². The van der Waals surface area contributed by atoms with Crippen molar-refractivity contribution in [3.63, 3.8) is 0 Å². The van der Waals surface area contributed by atoms with Gasteiger partial charge in [-0.3, -0.25) is 9.59 Å². The molecule has 2 amide bonds. The number of hydrogen-bond acceptors (Lipinski definition) is 6. The molecule has 1 fully saturated rings. The van der Waals surface area contributed by atoms with Gasteiger partial charge in [0, 0.05) is 12.8 Å². The molecule has 0 spiro atoms. The summed E-state index contributed by atoms with van der Waals surface area (Å²) in [5.41, 5.74) is 0. The molecule has 7 nitrogen and oxygen atoms in total. The molecule has 1 aromatic rings. The second-order valence-electron chi connectivity index (χ2n) is 4.36. The van der Waals surface area contributed by atoms with Gasteiger partial charge in [0.25, 0.3) is 11.8 Å². The predicted octanol–water partition coefficient (Wildman–Crippen LogP) is 0.434. The Labute approximate surface area is 114 Å². The van der Waals surface area contributed by atoms with Gasteiger partial charge in [0.15, 0.2) is 11.5 Å². The Morgan fingerprint density at radius 1 is 1.15 bits per heavy atom. The van der Waals surface area contributed by atoms with Crippen LogP contribution in [0.1, 0.15) is 12.8 Å². The minimum Gasteiger partial charge on any atom is -0.485 e. The first-order chi connectivity index (χ1) is 9.65. The van der Waals surface area contributed by atoms with E-state index in [4.69, 9.17) is 14.3 Å². The summed E-state index contributed by atoms with van der Waals surface area (Å²) in [6, 6.07) is 6.89. The number of carbonyl (C=O) groups excluding carboxylic acids is 3. The third-order valence-electron chi connectivity index (χ3n) is 2.96. The first kappa shape index (κ1) is 12.5. The van der Waals surface area contributed by atoms with Crippen LogP contribution in [-0.2, 0) is 19.2 Å². The van der Waals surface area contributed by atoms with Crippen LogP contribution in [-0.4, -0.2) is 35.6 Å². The summed E-state index contributed by atoms with van der Waals surface area (Å²) in [7, 11) is 0. The molecule has 0 N–H and O–H groups in total. The quantitative estimate of drug-likeness (QED) is 0.729. The zero-order chi connectivity index (χ0) is 14.1. The number of nitrogens with zero attached hydrogens (tertiary/aromatic N) is 1. The number of rotatable bonds is 2. The summed E-state index contributed by atoms with van der Waals surface area (Å²) in [6.45, 7) is -0.0356. The summed E-state index contributed by atoms with van der Waals surface area (Å²) >= 11 is 0. The molecule has 1 saturated heterocycles. The van der Waals surface area contributed by atoms with Crippen molar-refractivity contribution >= 4 is 17.8 Å².